The second kappa shape index (κ2) is 4.55. The zero-order valence-electron chi connectivity index (χ0n) is 11.4. The first-order valence-corrected chi connectivity index (χ1v) is 7.55. The number of hydrogen-bond donors (Lipinski definition) is 1. The van der Waals surface area contributed by atoms with Crippen LogP contribution in [0.15, 0.2) is 0 Å². The average Bonchev–Trinajstić information content (AvgIpc) is 3.17. The van der Waals surface area contributed by atoms with Gasteiger partial charge in [-0.25, -0.2) is 0 Å². The maximum Gasteiger partial charge on any atom is 0.0672 e. The lowest BCUT2D eigenvalue weighted by atomic mass is 9.73. The highest BCUT2D eigenvalue weighted by molar-refractivity contribution is 5.02. The zero-order valence-corrected chi connectivity index (χ0v) is 11.4. The minimum Gasteiger partial charge on any atom is -0.377 e. The number of nitrogens with one attached hydrogen (secondary N) is 1. The van der Waals surface area contributed by atoms with Crippen LogP contribution in [-0.2, 0) is 4.74 Å². The van der Waals surface area contributed by atoms with Gasteiger partial charge in [-0.2, -0.15) is 0 Å². The molecule has 3 fully saturated rings. The lowest BCUT2D eigenvalue weighted by molar-refractivity contribution is 0.0205. The highest BCUT2D eigenvalue weighted by atomic mass is 16.5. The van der Waals surface area contributed by atoms with Gasteiger partial charge in [0.05, 0.1) is 6.10 Å². The van der Waals surface area contributed by atoms with Crippen molar-refractivity contribution < 1.29 is 4.74 Å². The van der Waals surface area contributed by atoms with Crippen LogP contribution in [0.25, 0.3) is 0 Å². The molecule has 2 unspecified atom stereocenters. The monoisotopic (exact) mass is 237 g/mol. The van der Waals surface area contributed by atoms with Crippen molar-refractivity contribution in [2.45, 2.75) is 64.5 Å². The molecule has 2 atom stereocenters. The standard InChI is InChI=1S/C15H27NO/c1-11(2)9-15(10-16-13-5-6-13)7-8-17-14(15)12-3-4-12/h11-14,16H,3-10H2,1-2H3. The normalized spacial score (nSPS) is 37.9. The van der Waals surface area contributed by atoms with Crippen LogP contribution in [0, 0.1) is 17.3 Å². The van der Waals surface area contributed by atoms with Crippen LogP contribution in [0.1, 0.15) is 52.4 Å². The summed E-state index contributed by atoms with van der Waals surface area (Å²) in [6.45, 7) is 6.93. The van der Waals surface area contributed by atoms with E-state index >= 15 is 0 Å². The molecule has 1 heterocycles. The molecule has 0 aromatic rings. The summed E-state index contributed by atoms with van der Waals surface area (Å²) < 4.78 is 6.11. The number of ether oxygens (including phenoxy) is 1. The van der Waals surface area contributed by atoms with E-state index in [9.17, 15) is 0 Å². The fourth-order valence-corrected chi connectivity index (χ4v) is 3.67. The van der Waals surface area contributed by atoms with Crippen LogP contribution in [0.5, 0.6) is 0 Å². The van der Waals surface area contributed by atoms with Crippen molar-refractivity contribution in [3.05, 3.63) is 0 Å². The molecule has 17 heavy (non-hydrogen) atoms. The molecule has 98 valence electrons. The molecule has 2 nitrogen and oxygen atoms in total. The topological polar surface area (TPSA) is 21.3 Å². The van der Waals surface area contributed by atoms with E-state index in [1.54, 1.807) is 0 Å². The molecule has 0 amide bonds. The Labute approximate surface area is 105 Å². The van der Waals surface area contributed by atoms with Gasteiger partial charge < -0.3 is 10.1 Å². The summed E-state index contributed by atoms with van der Waals surface area (Å²) in [6, 6.07) is 0.833. The molecule has 1 saturated heterocycles. The third-order valence-corrected chi connectivity index (χ3v) is 4.69. The Hall–Kier alpha value is -0.0800. The molecule has 1 aliphatic heterocycles. The van der Waals surface area contributed by atoms with E-state index < -0.39 is 0 Å². The first-order valence-electron chi connectivity index (χ1n) is 7.55. The van der Waals surface area contributed by atoms with Crippen molar-refractivity contribution in [2.75, 3.05) is 13.2 Å². The van der Waals surface area contributed by atoms with Gasteiger partial charge in [-0.3, -0.25) is 0 Å². The predicted molar refractivity (Wildman–Crippen MR) is 70.0 cm³/mol. The largest absolute Gasteiger partial charge is 0.377 e. The summed E-state index contributed by atoms with van der Waals surface area (Å²) >= 11 is 0. The van der Waals surface area contributed by atoms with Crippen molar-refractivity contribution >= 4 is 0 Å². The van der Waals surface area contributed by atoms with Crippen molar-refractivity contribution in [3.63, 3.8) is 0 Å². The molecule has 3 aliphatic rings. The molecule has 2 saturated carbocycles. The van der Waals surface area contributed by atoms with E-state index in [0.717, 1.165) is 24.5 Å². The Kier molecular flexibility index (Phi) is 3.20. The van der Waals surface area contributed by atoms with Gasteiger partial charge in [0, 0.05) is 24.6 Å². The van der Waals surface area contributed by atoms with Gasteiger partial charge >= 0.3 is 0 Å². The van der Waals surface area contributed by atoms with E-state index in [4.69, 9.17) is 4.74 Å². The summed E-state index contributed by atoms with van der Waals surface area (Å²) in [4.78, 5) is 0. The van der Waals surface area contributed by atoms with Gasteiger partial charge in [-0.1, -0.05) is 13.8 Å². The summed E-state index contributed by atoms with van der Waals surface area (Å²) in [5.41, 5.74) is 0.456. The number of rotatable bonds is 6. The molecule has 2 aliphatic carbocycles. The molecular weight excluding hydrogens is 210 g/mol. The van der Waals surface area contributed by atoms with Crippen LogP contribution in [0.3, 0.4) is 0 Å². The number of hydrogen-bond acceptors (Lipinski definition) is 2. The van der Waals surface area contributed by atoms with Gasteiger partial charge in [0.25, 0.3) is 0 Å². The maximum absolute atomic E-state index is 6.11. The van der Waals surface area contributed by atoms with Crippen LogP contribution >= 0.6 is 0 Å². The summed E-state index contributed by atoms with van der Waals surface area (Å²) in [5.74, 6) is 1.68. The van der Waals surface area contributed by atoms with Crippen molar-refractivity contribution in [3.8, 4) is 0 Å². The van der Waals surface area contributed by atoms with E-state index in [1.807, 2.05) is 0 Å². The quantitative estimate of drug-likeness (QED) is 0.767. The average molecular weight is 237 g/mol. The Morgan fingerprint density at radius 3 is 2.59 bits per heavy atom. The van der Waals surface area contributed by atoms with Crippen LogP contribution in [0.4, 0.5) is 0 Å². The lowest BCUT2D eigenvalue weighted by Gasteiger charge is -2.36. The molecule has 0 aromatic carbocycles. The molecule has 0 bridgehead atoms. The minimum absolute atomic E-state index is 0.456. The molecule has 1 N–H and O–H groups in total. The van der Waals surface area contributed by atoms with E-state index in [-0.39, 0.29) is 0 Å². The Bertz CT molecular complexity index is 270. The summed E-state index contributed by atoms with van der Waals surface area (Å²) in [5, 5.41) is 3.78. The fraction of sp³-hybridized carbons (Fsp3) is 1.00. The maximum atomic E-state index is 6.11. The summed E-state index contributed by atoms with van der Waals surface area (Å²) in [6.07, 6.45) is 8.80. The Balaban J connectivity index is 1.68. The van der Waals surface area contributed by atoms with Gasteiger partial charge in [-0.05, 0) is 50.4 Å². The van der Waals surface area contributed by atoms with Crippen molar-refractivity contribution in [1.29, 1.82) is 0 Å². The molecule has 0 radical (unpaired) electrons. The van der Waals surface area contributed by atoms with Crippen molar-refractivity contribution in [1.82, 2.24) is 5.32 Å². The van der Waals surface area contributed by atoms with Gasteiger partial charge in [0.1, 0.15) is 0 Å². The van der Waals surface area contributed by atoms with E-state index in [0.29, 0.717) is 11.5 Å². The second-order valence-corrected chi connectivity index (χ2v) is 6.99. The molecule has 0 spiro atoms. The van der Waals surface area contributed by atoms with Crippen LogP contribution in [0.2, 0.25) is 0 Å². The third kappa shape index (κ3) is 2.68. The first kappa shape index (κ1) is 12.0. The minimum atomic E-state index is 0.456. The molecular formula is C15H27NO. The van der Waals surface area contributed by atoms with Gasteiger partial charge in [-0.15, -0.1) is 0 Å². The smallest absolute Gasteiger partial charge is 0.0672 e. The van der Waals surface area contributed by atoms with Crippen LogP contribution < -0.4 is 5.32 Å². The Morgan fingerprint density at radius 1 is 1.24 bits per heavy atom. The molecule has 3 rings (SSSR count). The van der Waals surface area contributed by atoms with Gasteiger partial charge in [0.15, 0.2) is 0 Å². The first-order chi connectivity index (χ1) is 8.20. The highest BCUT2D eigenvalue weighted by Crippen LogP contribution is 2.50. The van der Waals surface area contributed by atoms with Gasteiger partial charge in [0.2, 0.25) is 0 Å². The lowest BCUT2D eigenvalue weighted by Crippen LogP contribution is -2.43. The van der Waals surface area contributed by atoms with E-state index in [1.165, 1.54) is 45.1 Å². The Morgan fingerprint density at radius 2 is 2.00 bits per heavy atom. The van der Waals surface area contributed by atoms with Crippen LogP contribution in [-0.4, -0.2) is 25.3 Å². The fourth-order valence-electron chi connectivity index (χ4n) is 3.67. The predicted octanol–water partition coefficient (Wildman–Crippen LogP) is 2.97. The van der Waals surface area contributed by atoms with E-state index in [2.05, 4.69) is 19.2 Å². The zero-order chi connectivity index (χ0) is 11.9. The SMILES string of the molecule is CC(C)CC1(CNC2CC2)CCOC1C1CC1. The van der Waals surface area contributed by atoms with Crippen molar-refractivity contribution in [2.24, 2.45) is 17.3 Å². The molecule has 0 aromatic heterocycles. The third-order valence-electron chi connectivity index (χ3n) is 4.69. The molecule has 2 heteroatoms. The summed E-state index contributed by atoms with van der Waals surface area (Å²) in [7, 11) is 0. The second-order valence-electron chi connectivity index (χ2n) is 6.99. The highest BCUT2D eigenvalue weighted by Gasteiger charge is 2.51.